The van der Waals surface area contributed by atoms with Crippen LogP contribution in [0.5, 0.6) is 0 Å². The second kappa shape index (κ2) is 3.82. The van der Waals surface area contributed by atoms with Gasteiger partial charge in [0.25, 0.3) is 0 Å². The smallest absolute Gasteiger partial charge is 0.0542 e. The fourth-order valence-corrected chi connectivity index (χ4v) is 3.92. The van der Waals surface area contributed by atoms with Crippen molar-refractivity contribution in [2.75, 3.05) is 20.3 Å². The third kappa shape index (κ3) is 1.40. The summed E-state index contributed by atoms with van der Waals surface area (Å²) in [6.45, 7) is 4.33. The Balaban J connectivity index is 2.10. The number of hydrogen-bond donors (Lipinski definition) is 1. The van der Waals surface area contributed by atoms with Crippen LogP contribution in [0.15, 0.2) is 24.3 Å². The molecule has 1 N–H and O–H groups in total. The SMILES string of the molecule is COCC12CCCNC1(C)c1ccccc1C2. The summed E-state index contributed by atoms with van der Waals surface area (Å²) in [5.74, 6) is 0. The fourth-order valence-electron chi connectivity index (χ4n) is 3.92. The van der Waals surface area contributed by atoms with E-state index in [1.165, 1.54) is 24.0 Å². The number of hydrogen-bond acceptors (Lipinski definition) is 2. The maximum absolute atomic E-state index is 5.54. The molecule has 0 radical (unpaired) electrons. The molecule has 1 aliphatic heterocycles. The van der Waals surface area contributed by atoms with Crippen LogP contribution in [0, 0.1) is 5.41 Å². The van der Waals surface area contributed by atoms with Crippen LogP contribution in [-0.4, -0.2) is 20.3 Å². The van der Waals surface area contributed by atoms with Crippen LogP contribution < -0.4 is 5.32 Å². The van der Waals surface area contributed by atoms with E-state index in [9.17, 15) is 0 Å². The first-order chi connectivity index (χ1) is 8.22. The lowest BCUT2D eigenvalue weighted by Crippen LogP contribution is -2.57. The number of piperidine rings is 1. The zero-order valence-corrected chi connectivity index (χ0v) is 10.8. The quantitative estimate of drug-likeness (QED) is 0.844. The molecule has 2 atom stereocenters. The number of benzene rings is 1. The van der Waals surface area contributed by atoms with Crippen molar-refractivity contribution in [3.8, 4) is 0 Å². The molecule has 0 saturated carbocycles. The highest BCUT2D eigenvalue weighted by Crippen LogP contribution is 2.54. The Kier molecular flexibility index (Phi) is 2.53. The minimum atomic E-state index is 0.0951. The molecule has 0 bridgehead atoms. The van der Waals surface area contributed by atoms with Gasteiger partial charge in [0.15, 0.2) is 0 Å². The highest BCUT2D eigenvalue weighted by molar-refractivity contribution is 5.43. The standard InChI is InChI=1S/C15H21NO/c1-14-13-7-4-3-6-12(13)10-15(14,11-17-2)8-5-9-16-14/h3-4,6-7,16H,5,8-11H2,1-2H3. The summed E-state index contributed by atoms with van der Waals surface area (Å²) in [5.41, 5.74) is 3.33. The molecule has 2 nitrogen and oxygen atoms in total. The predicted octanol–water partition coefficient (Wildman–Crippen LogP) is 2.47. The van der Waals surface area contributed by atoms with Crippen molar-refractivity contribution in [1.29, 1.82) is 0 Å². The fraction of sp³-hybridized carbons (Fsp3) is 0.600. The van der Waals surface area contributed by atoms with Crippen molar-refractivity contribution in [2.45, 2.75) is 31.7 Å². The molecule has 0 amide bonds. The van der Waals surface area contributed by atoms with Crippen LogP contribution in [0.4, 0.5) is 0 Å². The number of methoxy groups -OCH3 is 1. The largest absolute Gasteiger partial charge is 0.384 e. The topological polar surface area (TPSA) is 21.3 Å². The summed E-state index contributed by atoms with van der Waals surface area (Å²) >= 11 is 0. The van der Waals surface area contributed by atoms with Gasteiger partial charge >= 0.3 is 0 Å². The molecule has 1 aromatic carbocycles. The van der Waals surface area contributed by atoms with Crippen molar-refractivity contribution in [3.63, 3.8) is 0 Å². The van der Waals surface area contributed by atoms with E-state index in [4.69, 9.17) is 4.74 Å². The molecule has 2 unspecified atom stereocenters. The van der Waals surface area contributed by atoms with Crippen molar-refractivity contribution in [3.05, 3.63) is 35.4 Å². The van der Waals surface area contributed by atoms with Gasteiger partial charge in [0.05, 0.1) is 6.61 Å². The van der Waals surface area contributed by atoms with E-state index in [0.717, 1.165) is 19.6 Å². The molecule has 17 heavy (non-hydrogen) atoms. The monoisotopic (exact) mass is 231 g/mol. The lowest BCUT2D eigenvalue weighted by Gasteiger charge is -2.48. The van der Waals surface area contributed by atoms with Gasteiger partial charge in [-0.1, -0.05) is 24.3 Å². The van der Waals surface area contributed by atoms with Crippen LogP contribution in [0.2, 0.25) is 0 Å². The normalized spacial score (nSPS) is 35.4. The summed E-state index contributed by atoms with van der Waals surface area (Å²) in [5, 5.41) is 3.76. The minimum Gasteiger partial charge on any atom is -0.384 e. The first-order valence-electron chi connectivity index (χ1n) is 6.54. The van der Waals surface area contributed by atoms with Gasteiger partial charge in [0.1, 0.15) is 0 Å². The first-order valence-corrected chi connectivity index (χ1v) is 6.54. The molecule has 1 heterocycles. The molecule has 0 spiro atoms. The summed E-state index contributed by atoms with van der Waals surface area (Å²) in [7, 11) is 1.83. The Labute approximate surface area is 103 Å². The molecule has 0 aromatic heterocycles. The average molecular weight is 231 g/mol. The maximum Gasteiger partial charge on any atom is 0.0542 e. The maximum atomic E-state index is 5.54. The Morgan fingerprint density at radius 1 is 1.35 bits per heavy atom. The second-order valence-corrected chi connectivity index (χ2v) is 5.70. The van der Waals surface area contributed by atoms with Gasteiger partial charge in [-0.15, -0.1) is 0 Å². The Bertz CT molecular complexity index is 427. The summed E-state index contributed by atoms with van der Waals surface area (Å²) in [4.78, 5) is 0. The zero-order chi connectivity index (χ0) is 11.9. The lowest BCUT2D eigenvalue weighted by atomic mass is 9.66. The van der Waals surface area contributed by atoms with E-state index in [-0.39, 0.29) is 11.0 Å². The number of ether oxygens (including phenoxy) is 1. The van der Waals surface area contributed by atoms with E-state index in [0.29, 0.717) is 0 Å². The highest BCUT2D eigenvalue weighted by atomic mass is 16.5. The number of rotatable bonds is 2. The van der Waals surface area contributed by atoms with E-state index in [1.54, 1.807) is 0 Å². The van der Waals surface area contributed by atoms with Gasteiger partial charge in [-0.2, -0.15) is 0 Å². The molecular formula is C15H21NO. The van der Waals surface area contributed by atoms with E-state index in [1.807, 2.05) is 7.11 Å². The van der Waals surface area contributed by atoms with Gasteiger partial charge in [0.2, 0.25) is 0 Å². The average Bonchev–Trinajstić information content (AvgIpc) is 2.59. The van der Waals surface area contributed by atoms with Crippen LogP contribution >= 0.6 is 0 Å². The summed E-state index contributed by atoms with van der Waals surface area (Å²) in [6, 6.07) is 8.87. The van der Waals surface area contributed by atoms with Crippen molar-refractivity contribution in [1.82, 2.24) is 5.32 Å². The van der Waals surface area contributed by atoms with Gasteiger partial charge in [-0.05, 0) is 43.9 Å². The Morgan fingerprint density at radius 2 is 2.18 bits per heavy atom. The summed E-state index contributed by atoms with van der Waals surface area (Å²) < 4.78 is 5.54. The molecule has 2 heteroatoms. The third-order valence-electron chi connectivity index (χ3n) is 4.88. The molecule has 1 saturated heterocycles. The van der Waals surface area contributed by atoms with Gasteiger partial charge in [-0.25, -0.2) is 0 Å². The molecule has 1 fully saturated rings. The molecular weight excluding hydrogens is 210 g/mol. The minimum absolute atomic E-state index is 0.0951. The molecule has 1 aliphatic carbocycles. The summed E-state index contributed by atoms with van der Waals surface area (Å²) in [6.07, 6.45) is 3.67. The van der Waals surface area contributed by atoms with Crippen LogP contribution in [0.1, 0.15) is 30.9 Å². The predicted molar refractivity (Wildman–Crippen MR) is 69.0 cm³/mol. The number of nitrogens with one attached hydrogen (secondary N) is 1. The Morgan fingerprint density at radius 3 is 3.00 bits per heavy atom. The van der Waals surface area contributed by atoms with Crippen LogP contribution in [0.25, 0.3) is 0 Å². The van der Waals surface area contributed by atoms with Crippen molar-refractivity contribution >= 4 is 0 Å². The molecule has 92 valence electrons. The van der Waals surface area contributed by atoms with Gasteiger partial charge in [-0.3, -0.25) is 0 Å². The lowest BCUT2D eigenvalue weighted by molar-refractivity contribution is -0.0122. The third-order valence-corrected chi connectivity index (χ3v) is 4.88. The van der Waals surface area contributed by atoms with Gasteiger partial charge in [0, 0.05) is 18.1 Å². The molecule has 3 rings (SSSR count). The zero-order valence-electron chi connectivity index (χ0n) is 10.8. The first kappa shape index (κ1) is 11.2. The number of fused-ring (bicyclic) bond motifs is 3. The molecule has 1 aromatic rings. The second-order valence-electron chi connectivity index (χ2n) is 5.70. The van der Waals surface area contributed by atoms with E-state index in [2.05, 4.69) is 36.5 Å². The van der Waals surface area contributed by atoms with Crippen LogP contribution in [-0.2, 0) is 16.7 Å². The Hall–Kier alpha value is -0.860. The highest BCUT2D eigenvalue weighted by Gasteiger charge is 2.55. The van der Waals surface area contributed by atoms with E-state index >= 15 is 0 Å². The van der Waals surface area contributed by atoms with Crippen LogP contribution in [0.3, 0.4) is 0 Å². The van der Waals surface area contributed by atoms with Gasteiger partial charge < -0.3 is 10.1 Å². The van der Waals surface area contributed by atoms with Crippen molar-refractivity contribution in [2.24, 2.45) is 5.41 Å². The van der Waals surface area contributed by atoms with Crippen molar-refractivity contribution < 1.29 is 4.74 Å². The molecule has 2 aliphatic rings. The van der Waals surface area contributed by atoms with E-state index < -0.39 is 0 Å².